The molecule has 2 fully saturated rings. The number of aromatic nitrogens is 4. The first kappa shape index (κ1) is 27.1. The summed E-state index contributed by atoms with van der Waals surface area (Å²) in [4.78, 5) is 34.9. The van der Waals surface area contributed by atoms with Crippen LogP contribution in [0.25, 0.3) is 22.0 Å². The number of nitrogens with zero attached hydrogens (tertiary/aromatic N) is 5. The van der Waals surface area contributed by atoms with E-state index in [4.69, 9.17) is 9.72 Å². The number of imidazole rings is 1. The quantitative estimate of drug-likeness (QED) is 0.247. The van der Waals surface area contributed by atoms with Gasteiger partial charge in [-0.1, -0.05) is 48.2 Å². The molecule has 2 aliphatic rings. The zero-order valence-corrected chi connectivity index (χ0v) is 23.7. The number of carbonyl (C=O) groups is 1. The summed E-state index contributed by atoms with van der Waals surface area (Å²) in [6.07, 6.45) is 6.99. The van der Waals surface area contributed by atoms with Gasteiger partial charge in [-0.05, 0) is 36.6 Å². The zero-order valence-electron chi connectivity index (χ0n) is 22.9. The Labute approximate surface area is 243 Å². The van der Waals surface area contributed by atoms with Gasteiger partial charge in [-0.2, -0.15) is 0 Å². The lowest BCUT2D eigenvalue weighted by molar-refractivity contribution is -0.127. The normalized spacial score (nSPS) is 17.8. The Kier molecular flexibility index (Phi) is 8.36. The average Bonchev–Trinajstić information content (AvgIpc) is 3.68. The minimum atomic E-state index is -0.0272. The van der Waals surface area contributed by atoms with Crippen molar-refractivity contribution in [3.63, 3.8) is 0 Å². The highest BCUT2D eigenvalue weighted by Gasteiger charge is 2.23. The van der Waals surface area contributed by atoms with E-state index in [9.17, 15) is 4.79 Å². The van der Waals surface area contributed by atoms with Gasteiger partial charge in [-0.25, -0.2) is 15.0 Å². The predicted molar refractivity (Wildman–Crippen MR) is 162 cm³/mol. The van der Waals surface area contributed by atoms with Crippen LogP contribution in [0.4, 0.5) is 16.8 Å². The van der Waals surface area contributed by atoms with Gasteiger partial charge >= 0.3 is 0 Å². The van der Waals surface area contributed by atoms with E-state index in [1.165, 1.54) is 6.08 Å². The Morgan fingerprint density at radius 3 is 2.78 bits per heavy atom. The van der Waals surface area contributed by atoms with Gasteiger partial charge in [0.15, 0.2) is 5.13 Å². The minimum Gasteiger partial charge on any atom is -0.379 e. The largest absolute Gasteiger partial charge is 0.379 e. The Hall–Kier alpha value is -4.06. The van der Waals surface area contributed by atoms with Crippen molar-refractivity contribution in [3.8, 4) is 22.0 Å². The molecule has 5 heterocycles. The van der Waals surface area contributed by atoms with E-state index in [1.54, 1.807) is 11.3 Å². The summed E-state index contributed by atoms with van der Waals surface area (Å²) in [6.45, 7) is 9.14. The first-order chi connectivity index (χ1) is 20.1. The Bertz CT molecular complexity index is 1480. The summed E-state index contributed by atoms with van der Waals surface area (Å²) in [6, 6.07) is 14.4. The molecule has 0 spiro atoms. The van der Waals surface area contributed by atoms with Gasteiger partial charge in [0.05, 0.1) is 30.0 Å². The van der Waals surface area contributed by atoms with Crippen molar-refractivity contribution in [2.45, 2.75) is 25.4 Å². The van der Waals surface area contributed by atoms with Crippen LogP contribution in [0.3, 0.4) is 0 Å². The second kappa shape index (κ2) is 12.6. The smallest absolute Gasteiger partial charge is 0.246 e. The van der Waals surface area contributed by atoms with E-state index >= 15 is 0 Å². The molecule has 1 amide bonds. The number of benzene rings is 1. The van der Waals surface area contributed by atoms with E-state index in [1.807, 2.05) is 47.6 Å². The molecule has 0 saturated carbocycles. The lowest BCUT2D eigenvalue weighted by Crippen LogP contribution is -2.44. The number of pyridine rings is 1. The number of morpholine rings is 1. The number of rotatable bonds is 9. The Balaban J connectivity index is 1.20. The van der Waals surface area contributed by atoms with Crippen molar-refractivity contribution in [2.24, 2.45) is 0 Å². The Morgan fingerprint density at radius 1 is 1.12 bits per heavy atom. The number of piperidine rings is 1. The van der Waals surface area contributed by atoms with Crippen molar-refractivity contribution in [1.29, 1.82) is 0 Å². The highest BCUT2D eigenvalue weighted by molar-refractivity contribution is 7.18. The number of H-pyrrole nitrogens is 1. The number of carbonyl (C=O) groups excluding carboxylic acids is 1. The van der Waals surface area contributed by atoms with Crippen LogP contribution in [0.2, 0.25) is 0 Å². The SMILES string of the molecule is C=CC(=O)N1CCC[C@H](Nc2cc(CN3CCOCC3)cc(Nc3ncc(-c4cnc(-c5ccccc5)[nH]4)s3)n2)C1. The summed E-state index contributed by atoms with van der Waals surface area (Å²) in [5.74, 6) is 2.31. The third kappa shape index (κ3) is 6.82. The molecule has 4 aromatic rings. The fourth-order valence-electron chi connectivity index (χ4n) is 5.22. The summed E-state index contributed by atoms with van der Waals surface area (Å²) in [5, 5.41) is 7.76. The maximum atomic E-state index is 12.2. The molecular weight excluding hydrogens is 536 g/mol. The van der Waals surface area contributed by atoms with Gasteiger partial charge in [0.2, 0.25) is 5.91 Å². The molecule has 1 atom stereocenters. The number of hydrogen-bond donors (Lipinski definition) is 3. The first-order valence-corrected chi connectivity index (χ1v) is 14.8. The molecule has 10 nitrogen and oxygen atoms in total. The van der Waals surface area contributed by atoms with Crippen molar-refractivity contribution in [2.75, 3.05) is 50.0 Å². The molecule has 0 bridgehead atoms. The summed E-state index contributed by atoms with van der Waals surface area (Å²) >= 11 is 1.54. The van der Waals surface area contributed by atoms with Gasteiger partial charge < -0.3 is 25.3 Å². The monoisotopic (exact) mass is 570 g/mol. The number of aromatic amines is 1. The molecule has 0 unspecified atom stereocenters. The van der Waals surface area contributed by atoms with E-state index in [0.29, 0.717) is 6.54 Å². The van der Waals surface area contributed by atoms with E-state index in [-0.39, 0.29) is 11.9 Å². The summed E-state index contributed by atoms with van der Waals surface area (Å²) in [7, 11) is 0. The molecule has 0 aliphatic carbocycles. The number of nitrogens with one attached hydrogen (secondary N) is 3. The fourth-order valence-corrected chi connectivity index (χ4v) is 6.01. The van der Waals surface area contributed by atoms with Crippen LogP contribution < -0.4 is 10.6 Å². The standard InChI is InChI=1S/C30H34N8O2S/c1-2-28(39)38-10-6-9-23(20-38)33-26-15-21(19-37-11-13-40-14-12-37)16-27(35-26)36-30-32-18-25(41-30)24-17-31-29(34-24)22-7-4-3-5-8-22/h2-5,7-8,15-18,23H,1,6,9-14,19-20H2,(H,31,34)(H2,32,33,35,36)/t23-/m0/s1. The van der Waals surface area contributed by atoms with Crippen LogP contribution in [-0.4, -0.2) is 81.1 Å². The molecule has 11 heteroatoms. The highest BCUT2D eigenvalue weighted by atomic mass is 32.1. The van der Waals surface area contributed by atoms with Crippen LogP contribution in [0.5, 0.6) is 0 Å². The van der Waals surface area contributed by atoms with Crippen molar-refractivity contribution >= 4 is 34.0 Å². The molecular formula is C30H34N8O2S. The average molecular weight is 571 g/mol. The number of hydrogen-bond acceptors (Lipinski definition) is 9. The number of ether oxygens (including phenoxy) is 1. The van der Waals surface area contributed by atoms with Crippen LogP contribution in [-0.2, 0) is 16.1 Å². The molecule has 0 radical (unpaired) electrons. The van der Waals surface area contributed by atoms with Gasteiger partial charge in [0, 0.05) is 50.5 Å². The van der Waals surface area contributed by atoms with E-state index in [2.05, 4.69) is 49.2 Å². The van der Waals surface area contributed by atoms with Crippen molar-refractivity contribution in [3.05, 3.63) is 73.1 Å². The molecule has 2 aliphatic heterocycles. The number of anilines is 3. The predicted octanol–water partition coefficient (Wildman–Crippen LogP) is 4.76. The molecule has 3 aromatic heterocycles. The minimum absolute atomic E-state index is 0.0272. The topological polar surface area (TPSA) is 111 Å². The summed E-state index contributed by atoms with van der Waals surface area (Å²) in [5.41, 5.74) is 3.11. The first-order valence-electron chi connectivity index (χ1n) is 14.0. The van der Waals surface area contributed by atoms with E-state index in [0.717, 1.165) is 96.5 Å². The highest BCUT2D eigenvalue weighted by Crippen LogP contribution is 2.31. The molecule has 212 valence electrons. The molecule has 41 heavy (non-hydrogen) atoms. The molecule has 3 N–H and O–H groups in total. The molecule has 2 saturated heterocycles. The summed E-state index contributed by atoms with van der Waals surface area (Å²) < 4.78 is 5.54. The van der Waals surface area contributed by atoms with Gasteiger partial charge in [-0.15, -0.1) is 0 Å². The van der Waals surface area contributed by atoms with Crippen molar-refractivity contribution in [1.82, 2.24) is 29.7 Å². The van der Waals surface area contributed by atoms with Crippen LogP contribution in [0, 0.1) is 0 Å². The molecule has 6 rings (SSSR count). The third-order valence-corrected chi connectivity index (χ3v) is 8.23. The van der Waals surface area contributed by atoms with Crippen LogP contribution in [0.1, 0.15) is 18.4 Å². The Morgan fingerprint density at radius 2 is 1.95 bits per heavy atom. The van der Waals surface area contributed by atoms with E-state index < -0.39 is 0 Å². The molecule has 1 aromatic carbocycles. The van der Waals surface area contributed by atoms with Crippen LogP contribution in [0.15, 0.2) is 67.5 Å². The third-order valence-electron chi connectivity index (χ3n) is 7.28. The number of thiazole rings is 1. The van der Waals surface area contributed by atoms with Gasteiger partial charge in [0.1, 0.15) is 17.5 Å². The lowest BCUT2D eigenvalue weighted by atomic mass is 10.1. The van der Waals surface area contributed by atoms with Crippen molar-refractivity contribution < 1.29 is 9.53 Å². The number of amides is 1. The maximum Gasteiger partial charge on any atom is 0.246 e. The zero-order chi connectivity index (χ0) is 28.0. The second-order valence-electron chi connectivity index (χ2n) is 10.3. The maximum absolute atomic E-state index is 12.2. The fraction of sp³-hybridized carbons (Fsp3) is 0.333. The number of likely N-dealkylation sites (tertiary alicyclic amines) is 1. The van der Waals surface area contributed by atoms with Gasteiger partial charge in [0.25, 0.3) is 0 Å². The van der Waals surface area contributed by atoms with Crippen LogP contribution >= 0.6 is 11.3 Å². The van der Waals surface area contributed by atoms with Gasteiger partial charge in [-0.3, -0.25) is 9.69 Å². The lowest BCUT2D eigenvalue weighted by Gasteiger charge is -2.33. The second-order valence-corrected chi connectivity index (χ2v) is 11.3.